The van der Waals surface area contributed by atoms with Gasteiger partial charge in [-0.15, -0.1) is 0 Å². The molecule has 2 nitrogen and oxygen atoms in total. The van der Waals surface area contributed by atoms with Gasteiger partial charge in [-0.2, -0.15) is 0 Å². The number of nitrogens with zero attached hydrogens (tertiary/aromatic N) is 2. The van der Waals surface area contributed by atoms with Crippen molar-refractivity contribution in [2.45, 2.75) is 19.8 Å². The molecule has 0 aromatic heterocycles. The first-order chi connectivity index (χ1) is 5.14. The summed E-state index contributed by atoms with van der Waals surface area (Å²) >= 11 is 0. The monoisotopic (exact) mass is 155 g/mol. The van der Waals surface area contributed by atoms with Gasteiger partial charge in [-0.25, -0.2) is 0 Å². The van der Waals surface area contributed by atoms with Crippen LogP contribution in [0.4, 0.5) is 0 Å². The van der Waals surface area contributed by atoms with E-state index in [0.717, 1.165) is 11.2 Å². The van der Waals surface area contributed by atoms with Crippen LogP contribution in [0, 0.1) is 0 Å². The molecular formula is C9H19N2+. The summed E-state index contributed by atoms with van der Waals surface area (Å²) in [6.45, 7) is 4.59. The SMILES string of the molecule is CCCCN1C=C[N+](C)(C)C1. The molecule has 0 aromatic rings. The second-order valence-corrected chi connectivity index (χ2v) is 3.88. The van der Waals surface area contributed by atoms with Crippen molar-refractivity contribution in [1.29, 1.82) is 0 Å². The van der Waals surface area contributed by atoms with Crippen LogP contribution in [-0.4, -0.2) is 36.7 Å². The molecular weight excluding hydrogens is 136 g/mol. The highest BCUT2D eigenvalue weighted by atomic mass is 15.4. The summed E-state index contributed by atoms with van der Waals surface area (Å²) in [5, 5.41) is 0. The molecule has 0 unspecified atom stereocenters. The summed E-state index contributed by atoms with van der Waals surface area (Å²) in [5.74, 6) is 0. The molecule has 1 heterocycles. The minimum atomic E-state index is 1.00. The lowest BCUT2D eigenvalue weighted by Crippen LogP contribution is -2.37. The van der Waals surface area contributed by atoms with E-state index < -0.39 is 0 Å². The van der Waals surface area contributed by atoms with E-state index in [1.807, 2.05) is 0 Å². The minimum absolute atomic E-state index is 1.00. The summed E-state index contributed by atoms with van der Waals surface area (Å²) in [6, 6.07) is 0. The van der Waals surface area contributed by atoms with Crippen LogP contribution in [0.15, 0.2) is 12.4 Å². The summed E-state index contributed by atoms with van der Waals surface area (Å²) in [4.78, 5) is 2.39. The van der Waals surface area contributed by atoms with Crippen LogP contribution in [0.3, 0.4) is 0 Å². The van der Waals surface area contributed by atoms with Crippen LogP contribution < -0.4 is 0 Å². The van der Waals surface area contributed by atoms with Crippen molar-refractivity contribution < 1.29 is 4.48 Å². The quantitative estimate of drug-likeness (QED) is 0.560. The zero-order valence-electron chi connectivity index (χ0n) is 7.88. The van der Waals surface area contributed by atoms with Crippen molar-refractivity contribution in [3.63, 3.8) is 0 Å². The molecule has 0 atom stereocenters. The zero-order chi connectivity index (χ0) is 8.32. The Balaban J connectivity index is 2.27. The van der Waals surface area contributed by atoms with Gasteiger partial charge in [-0.3, -0.25) is 4.48 Å². The zero-order valence-corrected chi connectivity index (χ0v) is 7.88. The molecule has 0 amide bonds. The molecule has 0 aliphatic carbocycles. The average Bonchev–Trinajstić information content (AvgIpc) is 2.26. The molecule has 0 fully saturated rings. The maximum Gasteiger partial charge on any atom is 0.158 e. The maximum atomic E-state index is 2.39. The highest BCUT2D eigenvalue weighted by molar-refractivity contribution is 4.79. The second kappa shape index (κ2) is 3.26. The fraction of sp³-hybridized carbons (Fsp3) is 0.778. The summed E-state index contributed by atoms with van der Waals surface area (Å²) in [7, 11) is 4.45. The molecule has 1 rings (SSSR count). The first-order valence-electron chi connectivity index (χ1n) is 4.40. The first-order valence-corrected chi connectivity index (χ1v) is 4.40. The lowest BCUT2D eigenvalue weighted by atomic mass is 10.3. The summed E-state index contributed by atoms with van der Waals surface area (Å²) in [6.07, 6.45) is 7.06. The Labute approximate surface area is 69.7 Å². The van der Waals surface area contributed by atoms with Gasteiger partial charge in [0.1, 0.15) is 6.20 Å². The number of hydrogen-bond acceptors (Lipinski definition) is 1. The molecule has 0 spiro atoms. The van der Waals surface area contributed by atoms with Gasteiger partial charge < -0.3 is 4.90 Å². The van der Waals surface area contributed by atoms with Gasteiger partial charge in [-0.05, 0) is 6.42 Å². The Morgan fingerprint density at radius 1 is 1.45 bits per heavy atom. The third-order valence-electron chi connectivity index (χ3n) is 2.03. The van der Waals surface area contributed by atoms with Gasteiger partial charge >= 0.3 is 0 Å². The van der Waals surface area contributed by atoms with E-state index in [1.54, 1.807) is 0 Å². The molecule has 0 bridgehead atoms. The third kappa shape index (κ3) is 2.54. The fourth-order valence-corrected chi connectivity index (χ4v) is 1.34. The summed E-state index contributed by atoms with van der Waals surface area (Å²) in [5.41, 5.74) is 0. The smallest absolute Gasteiger partial charge is 0.158 e. The van der Waals surface area contributed by atoms with Crippen LogP contribution in [0.1, 0.15) is 19.8 Å². The van der Waals surface area contributed by atoms with Crippen LogP contribution >= 0.6 is 0 Å². The number of unbranched alkanes of at least 4 members (excludes halogenated alkanes) is 1. The Morgan fingerprint density at radius 3 is 2.64 bits per heavy atom. The van der Waals surface area contributed by atoms with Crippen molar-refractivity contribution in [2.75, 3.05) is 27.3 Å². The van der Waals surface area contributed by atoms with E-state index in [4.69, 9.17) is 0 Å². The molecule has 0 saturated heterocycles. The fourth-order valence-electron chi connectivity index (χ4n) is 1.34. The molecule has 0 radical (unpaired) electrons. The van der Waals surface area contributed by atoms with Crippen molar-refractivity contribution in [2.24, 2.45) is 0 Å². The Bertz CT molecular complexity index is 150. The van der Waals surface area contributed by atoms with Crippen molar-refractivity contribution >= 4 is 0 Å². The van der Waals surface area contributed by atoms with Crippen molar-refractivity contribution in [3.05, 3.63) is 12.4 Å². The Kier molecular flexibility index (Phi) is 2.55. The lowest BCUT2D eigenvalue weighted by molar-refractivity contribution is -0.840. The van der Waals surface area contributed by atoms with E-state index in [1.165, 1.54) is 19.4 Å². The van der Waals surface area contributed by atoms with E-state index in [0.29, 0.717) is 0 Å². The molecule has 0 saturated carbocycles. The van der Waals surface area contributed by atoms with Gasteiger partial charge in [-0.1, -0.05) is 13.3 Å². The molecule has 64 valence electrons. The van der Waals surface area contributed by atoms with Crippen LogP contribution in [0.25, 0.3) is 0 Å². The average molecular weight is 155 g/mol. The van der Waals surface area contributed by atoms with E-state index in [-0.39, 0.29) is 0 Å². The predicted octanol–water partition coefficient (Wildman–Crippen LogP) is 1.61. The van der Waals surface area contributed by atoms with Gasteiger partial charge in [0.15, 0.2) is 6.67 Å². The lowest BCUT2D eigenvalue weighted by Gasteiger charge is -2.23. The number of hydrogen-bond donors (Lipinski definition) is 0. The number of quaternary nitrogens is 1. The highest BCUT2D eigenvalue weighted by Crippen LogP contribution is 2.11. The normalized spacial score (nSPS) is 21.2. The molecule has 0 N–H and O–H groups in total. The molecule has 0 aromatic carbocycles. The van der Waals surface area contributed by atoms with E-state index in [9.17, 15) is 0 Å². The van der Waals surface area contributed by atoms with Gasteiger partial charge in [0, 0.05) is 6.54 Å². The van der Waals surface area contributed by atoms with Gasteiger partial charge in [0.25, 0.3) is 0 Å². The van der Waals surface area contributed by atoms with E-state index >= 15 is 0 Å². The minimum Gasteiger partial charge on any atom is -0.326 e. The van der Waals surface area contributed by atoms with E-state index in [2.05, 4.69) is 38.3 Å². The topological polar surface area (TPSA) is 3.24 Å². The standard InChI is InChI=1S/C9H19N2/c1-4-5-6-10-7-8-11(2,3)9-10/h7-8H,4-6,9H2,1-3H3/q+1. The Morgan fingerprint density at radius 2 is 2.18 bits per heavy atom. The second-order valence-electron chi connectivity index (χ2n) is 3.88. The summed E-state index contributed by atoms with van der Waals surface area (Å²) < 4.78 is 1.00. The van der Waals surface area contributed by atoms with Crippen LogP contribution in [0.2, 0.25) is 0 Å². The van der Waals surface area contributed by atoms with Crippen LogP contribution in [0.5, 0.6) is 0 Å². The molecule has 1 aliphatic rings. The maximum absolute atomic E-state index is 2.39. The van der Waals surface area contributed by atoms with Gasteiger partial charge in [0.2, 0.25) is 0 Å². The molecule has 2 heteroatoms. The highest BCUT2D eigenvalue weighted by Gasteiger charge is 2.20. The largest absolute Gasteiger partial charge is 0.326 e. The van der Waals surface area contributed by atoms with Crippen molar-refractivity contribution in [3.8, 4) is 0 Å². The molecule has 1 aliphatic heterocycles. The predicted molar refractivity (Wildman–Crippen MR) is 47.7 cm³/mol. The van der Waals surface area contributed by atoms with Crippen LogP contribution in [-0.2, 0) is 0 Å². The van der Waals surface area contributed by atoms with Gasteiger partial charge in [0.05, 0.1) is 20.3 Å². The third-order valence-corrected chi connectivity index (χ3v) is 2.03. The van der Waals surface area contributed by atoms with Crippen molar-refractivity contribution in [1.82, 2.24) is 4.90 Å². The Hall–Kier alpha value is -0.500. The molecule has 11 heavy (non-hydrogen) atoms. The first kappa shape index (κ1) is 8.60. The number of rotatable bonds is 3.